The average molecular weight is 454 g/mol. The van der Waals surface area contributed by atoms with E-state index in [1.807, 2.05) is 31.2 Å². The predicted molar refractivity (Wildman–Crippen MR) is 112 cm³/mol. The summed E-state index contributed by atoms with van der Waals surface area (Å²) in [5, 5.41) is 10.2. The summed E-state index contributed by atoms with van der Waals surface area (Å²) in [6, 6.07) is 15.4. The van der Waals surface area contributed by atoms with Crippen LogP contribution in [0.2, 0.25) is 10.0 Å². The first-order valence-corrected chi connectivity index (χ1v) is 10.8. The van der Waals surface area contributed by atoms with Crippen LogP contribution in [0, 0.1) is 12.7 Å². The van der Waals surface area contributed by atoms with Crippen molar-refractivity contribution in [2.24, 2.45) is 0 Å². The van der Waals surface area contributed by atoms with E-state index < -0.39 is 21.6 Å². The number of rotatable bonds is 6. The fourth-order valence-electron chi connectivity index (χ4n) is 2.91. The molecule has 29 heavy (non-hydrogen) atoms. The minimum absolute atomic E-state index is 0.0277. The van der Waals surface area contributed by atoms with Crippen molar-refractivity contribution in [3.05, 3.63) is 93.2 Å². The highest BCUT2D eigenvalue weighted by Crippen LogP contribution is 2.36. The van der Waals surface area contributed by atoms with Gasteiger partial charge in [0.15, 0.2) is 5.75 Å². The summed E-state index contributed by atoms with van der Waals surface area (Å²) in [7, 11) is -4.18. The quantitative estimate of drug-likeness (QED) is 0.532. The van der Waals surface area contributed by atoms with Crippen LogP contribution in [0.4, 0.5) is 4.39 Å². The molecule has 1 N–H and O–H groups in total. The van der Waals surface area contributed by atoms with Gasteiger partial charge in [-0.1, -0.05) is 65.2 Å². The smallest absolute Gasteiger partial charge is 0.247 e. The molecule has 3 rings (SSSR count). The first kappa shape index (κ1) is 21.6. The van der Waals surface area contributed by atoms with Crippen molar-refractivity contribution in [1.29, 1.82) is 0 Å². The molecule has 0 fully saturated rings. The molecule has 4 nitrogen and oxygen atoms in total. The molecule has 0 radical (unpaired) electrons. The molecule has 0 aliphatic carbocycles. The maximum absolute atomic E-state index is 13.4. The van der Waals surface area contributed by atoms with Crippen LogP contribution in [-0.2, 0) is 23.1 Å². The van der Waals surface area contributed by atoms with E-state index in [0.717, 1.165) is 17.2 Å². The van der Waals surface area contributed by atoms with Crippen molar-refractivity contribution in [3.63, 3.8) is 0 Å². The molecule has 0 spiro atoms. The van der Waals surface area contributed by atoms with Gasteiger partial charge in [0, 0.05) is 18.1 Å². The first-order chi connectivity index (χ1) is 13.7. The number of benzene rings is 3. The SMILES string of the molecule is Cc1cccc(CN(Cc2ccc(F)cc2)S(=O)(=O)c2cc(Cl)cc(Cl)c2O)c1. The Kier molecular flexibility index (Phi) is 6.49. The highest BCUT2D eigenvalue weighted by molar-refractivity contribution is 7.89. The molecule has 0 saturated carbocycles. The second-order valence-corrected chi connectivity index (χ2v) is 9.37. The average Bonchev–Trinajstić information content (AvgIpc) is 2.65. The summed E-state index contributed by atoms with van der Waals surface area (Å²) in [4.78, 5) is -0.384. The number of phenols is 1. The van der Waals surface area contributed by atoms with Gasteiger partial charge in [0.1, 0.15) is 10.7 Å². The van der Waals surface area contributed by atoms with E-state index in [-0.39, 0.29) is 28.0 Å². The third-order valence-corrected chi connectivity index (χ3v) is 6.64. The summed E-state index contributed by atoms with van der Waals surface area (Å²) in [6.45, 7) is 1.93. The van der Waals surface area contributed by atoms with Crippen molar-refractivity contribution in [2.45, 2.75) is 24.9 Å². The lowest BCUT2D eigenvalue weighted by atomic mass is 10.1. The minimum Gasteiger partial charge on any atom is -0.505 e. The van der Waals surface area contributed by atoms with Gasteiger partial charge in [-0.2, -0.15) is 4.31 Å². The van der Waals surface area contributed by atoms with Gasteiger partial charge < -0.3 is 5.11 Å². The summed E-state index contributed by atoms with van der Waals surface area (Å²) < 4.78 is 41.2. The summed E-state index contributed by atoms with van der Waals surface area (Å²) in [6.07, 6.45) is 0. The predicted octanol–water partition coefficient (Wildman–Crippen LogP) is 5.54. The molecular weight excluding hydrogens is 436 g/mol. The summed E-state index contributed by atoms with van der Waals surface area (Å²) >= 11 is 11.9. The number of nitrogens with zero attached hydrogens (tertiary/aromatic N) is 1. The molecule has 3 aromatic carbocycles. The molecular formula is C21H18Cl2FNO3S. The van der Waals surface area contributed by atoms with Crippen molar-refractivity contribution in [2.75, 3.05) is 0 Å². The van der Waals surface area contributed by atoms with E-state index in [4.69, 9.17) is 23.2 Å². The zero-order valence-electron chi connectivity index (χ0n) is 15.4. The normalized spacial score (nSPS) is 11.8. The van der Waals surface area contributed by atoms with Crippen LogP contribution in [0.5, 0.6) is 5.75 Å². The van der Waals surface area contributed by atoms with Crippen LogP contribution in [0.25, 0.3) is 0 Å². The third-order valence-electron chi connectivity index (χ3n) is 4.32. The van der Waals surface area contributed by atoms with Crippen molar-refractivity contribution >= 4 is 33.2 Å². The fraction of sp³-hybridized carbons (Fsp3) is 0.143. The molecule has 0 atom stereocenters. The van der Waals surface area contributed by atoms with Crippen LogP contribution >= 0.6 is 23.2 Å². The second kappa shape index (κ2) is 8.71. The van der Waals surface area contributed by atoms with Gasteiger partial charge in [-0.3, -0.25) is 0 Å². The van der Waals surface area contributed by atoms with Gasteiger partial charge >= 0.3 is 0 Å². The Balaban J connectivity index is 2.06. The lowest BCUT2D eigenvalue weighted by Gasteiger charge is -2.23. The maximum atomic E-state index is 13.4. The Bertz CT molecular complexity index is 1140. The summed E-state index contributed by atoms with van der Waals surface area (Å²) in [5.74, 6) is -0.981. The molecule has 0 heterocycles. The zero-order valence-corrected chi connectivity index (χ0v) is 17.8. The highest BCUT2D eigenvalue weighted by Gasteiger charge is 2.29. The molecule has 0 aromatic heterocycles. The zero-order chi connectivity index (χ0) is 21.2. The standard InChI is InChI=1S/C21H18Cl2FNO3S/c1-14-3-2-4-16(9-14)13-25(12-15-5-7-18(24)8-6-15)29(27,28)20-11-17(22)10-19(23)21(20)26/h2-11,26H,12-13H2,1H3. The summed E-state index contributed by atoms with van der Waals surface area (Å²) in [5.41, 5.74) is 2.34. The number of sulfonamides is 1. The number of aromatic hydroxyl groups is 1. The number of hydrogen-bond acceptors (Lipinski definition) is 3. The third kappa shape index (κ3) is 5.08. The number of hydrogen-bond donors (Lipinski definition) is 1. The molecule has 0 aliphatic heterocycles. The van der Waals surface area contributed by atoms with Gasteiger partial charge in [-0.25, -0.2) is 12.8 Å². The molecule has 152 valence electrons. The fourth-order valence-corrected chi connectivity index (χ4v) is 5.07. The molecule has 8 heteroatoms. The molecule has 0 amide bonds. The van der Waals surface area contributed by atoms with Gasteiger partial charge in [0.25, 0.3) is 0 Å². The van der Waals surface area contributed by atoms with Crippen LogP contribution in [0.15, 0.2) is 65.6 Å². The van der Waals surface area contributed by atoms with Crippen LogP contribution in [-0.4, -0.2) is 17.8 Å². The Morgan fingerprint density at radius 2 is 1.62 bits per heavy atom. The molecule has 0 aliphatic rings. The monoisotopic (exact) mass is 453 g/mol. The van der Waals surface area contributed by atoms with E-state index >= 15 is 0 Å². The van der Waals surface area contributed by atoms with Gasteiger partial charge in [-0.05, 0) is 42.3 Å². The Labute approximate surface area is 179 Å². The van der Waals surface area contributed by atoms with Crippen LogP contribution in [0.1, 0.15) is 16.7 Å². The maximum Gasteiger partial charge on any atom is 0.247 e. The Morgan fingerprint density at radius 1 is 0.966 bits per heavy atom. The van der Waals surface area contributed by atoms with E-state index in [1.54, 1.807) is 0 Å². The number of halogens is 3. The van der Waals surface area contributed by atoms with Crippen molar-refractivity contribution in [3.8, 4) is 5.75 Å². The molecule has 0 saturated heterocycles. The second-order valence-electron chi connectivity index (χ2n) is 6.62. The molecule has 3 aromatic rings. The van der Waals surface area contributed by atoms with E-state index in [9.17, 15) is 17.9 Å². The lowest BCUT2D eigenvalue weighted by Crippen LogP contribution is -2.30. The first-order valence-electron chi connectivity index (χ1n) is 8.65. The van der Waals surface area contributed by atoms with Gasteiger partial charge in [-0.15, -0.1) is 0 Å². The minimum atomic E-state index is -4.18. The Hall–Kier alpha value is -2.12. The van der Waals surface area contributed by atoms with E-state index in [1.165, 1.54) is 34.6 Å². The van der Waals surface area contributed by atoms with Crippen LogP contribution < -0.4 is 0 Å². The van der Waals surface area contributed by atoms with Crippen LogP contribution in [0.3, 0.4) is 0 Å². The topological polar surface area (TPSA) is 57.6 Å². The van der Waals surface area contributed by atoms with Crippen molar-refractivity contribution < 1.29 is 17.9 Å². The lowest BCUT2D eigenvalue weighted by molar-refractivity contribution is 0.394. The molecule has 0 unspecified atom stereocenters. The van der Waals surface area contributed by atoms with E-state index in [2.05, 4.69) is 0 Å². The highest BCUT2D eigenvalue weighted by atomic mass is 35.5. The number of aryl methyl sites for hydroxylation is 1. The van der Waals surface area contributed by atoms with E-state index in [0.29, 0.717) is 5.56 Å². The number of phenolic OH excluding ortho intramolecular Hbond substituents is 1. The Morgan fingerprint density at radius 3 is 2.28 bits per heavy atom. The van der Waals surface area contributed by atoms with Gasteiger partial charge in [0.2, 0.25) is 10.0 Å². The van der Waals surface area contributed by atoms with Gasteiger partial charge in [0.05, 0.1) is 5.02 Å². The largest absolute Gasteiger partial charge is 0.505 e. The van der Waals surface area contributed by atoms with Crippen molar-refractivity contribution in [1.82, 2.24) is 4.31 Å². The molecule has 0 bridgehead atoms.